The van der Waals surface area contributed by atoms with Gasteiger partial charge in [0.1, 0.15) is 0 Å². The molecule has 1 nitrogen and oxygen atoms in total. The molecular formula is C15H11BrO. The molecule has 0 bridgehead atoms. The molecule has 0 atom stereocenters. The summed E-state index contributed by atoms with van der Waals surface area (Å²) >= 11 is 3.50. The van der Waals surface area contributed by atoms with Crippen molar-refractivity contribution in [3.05, 3.63) is 58.6 Å². The maximum Gasteiger partial charge on any atom is 0.0688 e. The molecule has 2 heteroatoms. The largest absolute Gasteiger partial charge is 0.392 e. The van der Waals surface area contributed by atoms with Crippen molar-refractivity contribution in [2.24, 2.45) is 0 Å². The highest BCUT2D eigenvalue weighted by Gasteiger charge is 2.05. The molecule has 3 aromatic rings. The number of aliphatic hydroxyl groups is 1. The first kappa shape index (κ1) is 10.8. The zero-order valence-electron chi connectivity index (χ0n) is 9.15. The van der Waals surface area contributed by atoms with Crippen molar-refractivity contribution < 1.29 is 5.11 Å². The van der Waals surface area contributed by atoms with Gasteiger partial charge in [-0.1, -0.05) is 46.3 Å². The molecule has 0 amide bonds. The van der Waals surface area contributed by atoms with Crippen LogP contribution < -0.4 is 0 Å². The molecule has 0 aliphatic rings. The molecule has 17 heavy (non-hydrogen) atoms. The van der Waals surface area contributed by atoms with E-state index in [1.54, 1.807) is 0 Å². The molecule has 0 saturated heterocycles. The Labute approximate surface area is 108 Å². The lowest BCUT2D eigenvalue weighted by Gasteiger charge is -2.09. The number of rotatable bonds is 1. The van der Waals surface area contributed by atoms with Gasteiger partial charge >= 0.3 is 0 Å². The van der Waals surface area contributed by atoms with Gasteiger partial charge in [-0.05, 0) is 45.3 Å². The van der Waals surface area contributed by atoms with E-state index in [4.69, 9.17) is 0 Å². The van der Waals surface area contributed by atoms with Gasteiger partial charge in [0.05, 0.1) is 6.61 Å². The summed E-state index contributed by atoms with van der Waals surface area (Å²) in [6.45, 7) is 0.0724. The summed E-state index contributed by atoms with van der Waals surface area (Å²) in [5.41, 5.74) is 0.978. The minimum atomic E-state index is 0.0724. The molecule has 0 aliphatic heterocycles. The van der Waals surface area contributed by atoms with Crippen LogP contribution in [0.1, 0.15) is 5.56 Å². The van der Waals surface area contributed by atoms with Crippen molar-refractivity contribution in [2.45, 2.75) is 6.61 Å². The lowest BCUT2D eigenvalue weighted by molar-refractivity contribution is 0.283. The van der Waals surface area contributed by atoms with E-state index in [2.05, 4.69) is 46.3 Å². The number of halogens is 1. The third kappa shape index (κ3) is 1.74. The Hall–Kier alpha value is -1.38. The van der Waals surface area contributed by atoms with E-state index in [0.717, 1.165) is 15.4 Å². The second-order valence-electron chi connectivity index (χ2n) is 4.10. The van der Waals surface area contributed by atoms with Crippen LogP contribution in [-0.4, -0.2) is 5.11 Å². The first-order valence-electron chi connectivity index (χ1n) is 5.50. The summed E-state index contributed by atoms with van der Waals surface area (Å²) in [4.78, 5) is 0. The van der Waals surface area contributed by atoms with Crippen molar-refractivity contribution in [3.8, 4) is 0 Å². The summed E-state index contributed by atoms with van der Waals surface area (Å²) in [5, 5.41) is 14.1. The van der Waals surface area contributed by atoms with Crippen LogP contribution in [0.5, 0.6) is 0 Å². The second kappa shape index (κ2) is 4.13. The Morgan fingerprint density at radius 1 is 0.882 bits per heavy atom. The van der Waals surface area contributed by atoms with Crippen LogP contribution >= 0.6 is 15.9 Å². The van der Waals surface area contributed by atoms with Crippen LogP contribution in [0.25, 0.3) is 21.5 Å². The predicted octanol–water partition coefficient (Wildman–Crippen LogP) is 4.25. The molecule has 84 valence electrons. The van der Waals surface area contributed by atoms with Gasteiger partial charge in [0, 0.05) is 4.47 Å². The van der Waals surface area contributed by atoms with Gasteiger partial charge in [-0.2, -0.15) is 0 Å². The summed E-state index contributed by atoms with van der Waals surface area (Å²) in [6.07, 6.45) is 0. The standard InChI is InChI=1S/C15H11BrO/c16-12-5-6-14-11(9-17)7-10-3-1-2-4-13(10)15(14)8-12/h1-8,17H,9H2. The fourth-order valence-corrected chi connectivity index (χ4v) is 2.64. The van der Waals surface area contributed by atoms with E-state index >= 15 is 0 Å². The third-order valence-electron chi connectivity index (χ3n) is 3.08. The number of benzene rings is 3. The topological polar surface area (TPSA) is 20.2 Å². The highest BCUT2D eigenvalue weighted by Crippen LogP contribution is 2.30. The minimum absolute atomic E-state index is 0.0724. The lowest BCUT2D eigenvalue weighted by atomic mass is 9.98. The quantitative estimate of drug-likeness (QED) is 0.663. The summed E-state index contributed by atoms with van der Waals surface area (Å²) in [6, 6.07) is 16.5. The first-order valence-corrected chi connectivity index (χ1v) is 6.29. The van der Waals surface area contributed by atoms with Gasteiger partial charge in [-0.3, -0.25) is 0 Å². The molecule has 0 heterocycles. The molecule has 0 radical (unpaired) electrons. The van der Waals surface area contributed by atoms with Gasteiger partial charge in [-0.25, -0.2) is 0 Å². The van der Waals surface area contributed by atoms with E-state index < -0.39 is 0 Å². The molecule has 1 N–H and O–H groups in total. The van der Waals surface area contributed by atoms with Crippen molar-refractivity contribution in [1.82, 2.24) is 0 Å². The monoisotopic (exact) mass is 286 g/mol. The number of hydrogen-bond donors (Lipinski definition) is 1. The van der Waals surface area contributed by atoms with Crippen molar-refractivity contribution >= 4 is 37.5 Å². The Balaban J connectivity index is 2.56. The van der Waals surface area contributed by atoms with E-state index in [1.807, 2.05) is 18.2 Å². The van der Waals surface area contributed by atoms with Crippen LogP contribution in [0.15, 0.2) is 53.0 Å². The molecule has 3 aromatic carbocycles. The summed E-state index contributed by atoms with van der Waals surface area (Å²) in [5.74, 6) is 0. The Morgan fingerprint density at radius 2 is 1.71 bits per heavy atom. The molecule has 3 rings (SSSR count). The first-order chi connectivity index (χ1) is 8.29. The highest BCUT2D eigenvalue weighted by molar-refractivity contribution is 9.10. The number of fused-ring (bicyclic) bond motifs is 3. The fourth-order valence-electron chi connectivity index (χ4n) is 2.28. The lowest BCUT2D eigenvalue weighted by Crippen LogP contribution is -1.88. The number of aliphatic hydroxyl groups excluding tert-OH is 1. The Morgan fingerprint density at radius 3 is 2.53 bits per heavy atom. The zero-order valence-corrected chi connectivity index (χ0v) is 10.7. The van der Waals surface area contributed by atoms with Crippen LogP contribution in [-0.2, 0) is 6.61 Å². The van der Waals surface area contributed by atoms with Crippen LogP contribution in [0, 0.1) is 0 Å². The van der Waals surface area contributed by atoms with E-state index in [1.165, 1.54) is 16.2 Å². The molecule has 0 spiro atoms. The van der Waals surface area contributed by atoms with E-state index in [0.29, 0.717) is 0 Å². The molecule has 0 fully saturated rings. The van der Waals surface area contributed by atoms with Gasteiger partial charge in [0.2, 0.25) is 0 Å². The third-order valence-corrected chi connectivity index (χ3v) is 3.57. The van der Waals surface area contributed by atoms with Crippen LogP contribution in [0.4, 0.5) is 0 Å². The average molecular weight is 287 g/mol. The second-order valence-corrected chi connectivity index (χ2v) is 5.02. The van der Waals surface area contributed by atoms with Crippen LogP contribution in [0.2, 0.25) is 0 Å². The van der Waals surface area contributed by atoms with Gasteiger partial charge in [0.25, 0.3) is 0 Å². The van der Waals surface area contributed by atoms with Crippen molar-refractivity contribution in [3.63, 3.8) is 0 Å². The average Bonchev–Trinajstić information content (AvgIpc) is 2.37. The SMILES string of the molecule is OCc1cc2ccccc2c2cc(Br)ccc12. The Kier molecular flexibility index (Phi) is 2.61. The van der Waals surface area contributed by atoms with Gasteiger partial charge in [-0.15, -0.1) is 0 Å². The molecular weight excluding hydrogens is 276 g/mol. The molecule has 0 aliphatic carbocycles. The minimum Gasteiger partial charge on any atom is -0.392 e. The van der Waals surface area contributed by atoms with Gasteiger partial charge in [0.15, 0.2) is 0 Å². The van der Waals surface area contributed by atoms with Gasteiger partial charge < -0.3 is 5.11 Å². The summed E-state index contributed by atoms with van der Waals surface area (Å²) in [7, 11) is 0. The zero-order chi connectivity index (χ0) is 11.8. The maximum absolute atomic E-state index is 9.45. The number of hydrogen-bond acceptors (Lipinski definition) is 1. The van der Waals surface area contributed by atoms with Crippen LogP contribution in [0.3, 0.4) is 0 Å². The summed E-state index contributed by atoms with van der Waals surface area (Å²) < 4.78 is 1.06. The Bertz CT molecular complexity index is 704. The van der Waals surface area contributed by atoms with Crippen molar-refractivity contribution in [1.29, 1.82) is 0 Å². The van der Waals surface area contributed by atoms with E-state index in [9.17, 15) is 5.11 Å². The fraction of sp³-hybridized carbons (Fsp3) is 0.0667. The normalized spacial score (nSPS) is 11.2. The molecule has 0 saturated carbocycles. The van der Waals surface area contributed by atoms with Crippen molar-refractivity contribution in [2.75, 3.05) is 0 Å². The molecule has 0 unspecified atom stereocenters. The molecule has 0 aromatic heterocycles. The van der Waals surface area contributed by atoms with E-state index in [-0.39, 0.29) is 6.61 Å². The maximum atomic E-state index is 9.45. The predicted molar refractivity (Wildman–Crippen MR) is 75.1 cm³/mol. The highest BCUT2D eigenvalue weighted by atomic mass is 79.9. The smallest absolute Gasteiger partial charge is 0.0688 e.